The molecule has 8 heteroatoms. The summed E-state index contributed by atoms with van der Waals surface area (Å²) >= 11 is 1.44. The maximum Gasteiger partial charge on any atom is 0.461 e. The van der Waals surface area contributed by atoms with E-state index in [1.165, 1.54) is 57.3 Å². The average Bonchev–Trinajstić information content (AvgIpc) is 2.67. The van der Waals surface area contributed by atoms with E-state index in [0.717, 1.165) is 12.1 Å². The number of carbonyl (C=O) groups is 1. The smallest absolute Gasteiger partial charge is 0.428 e. The Morgan fingerprint density at radius 1 is 1.03 bits per heavy atom. The minimum absolute atomic E-state index is 0.156. The van der Waals surface area contributed by atoms with Crippen LogP contribution in [-0.2, 0) is 10.5 Å². The van der Waals surface area contributed by atoms with Gasteiger partial charge in [-0.15, -0.1) is 11.8 Å². The summed E-state index contributed by atoms with van der Waals surface area (Å²) in [7, 11) is 0. The Labute approximate surface area is 178 Å². The lowest BCUT2D eigenvalue weighted by Crippen LogP contribution is -2.33. The van der Waals surface area contributed by atoms with Crippen molar-refractivity contribution in [1.29, 1.82) is 0 Å². The first-order valence-electron chi connectivity index (χ1n) is 9.32. The van der Waals surface area contributed by atoms with Crippen LogP contribution in [0, 0.1) is 34.6 Å². The van der Waals surface area contributed by atoms with Gasteiger partial charge < -0.3 is 10.1 Å². The standard InChI is InChI=1S/C22H25F4NO2S/c1-12-13(2)15(4)19(16(5)14(12)3)10-30-11-20(28)27-17-7-6-8-18(9-17)29-22(25,26)21(23)24/h6-9,21H,10-11H2,1-5H3,(H,27,28). The molecule has 0 aliphatic carbocycles. The van der Waals surface area contributed by atoms with Crippen LogP contribution in [0.2, 0.25) is 0 Å². The van der Waals surface area contributed by atoms with Gasteiger partial charge in [0.15, 0.2) is 0 Å². The largest absolute Gasteiger partial charge is 0.461 e. The third-order valence-corrected chi connectivity index (χ3v) is 6.22. The van der Waals surface area contributed by atoms with Gasteiger partial charge in [-0.3, -0.25) is 4.79 Å². The van der Waals surface area contributed by atoms with E-state index >= 15 is 0 Å². The second-order valence-electron chi connectivity index (χ2n) is 7.14. The summed E-state index contributed by atoms with van der Waals surface area (Å²) in [6.07, 6.45) is -8.55. The van der Waals surface area contributed by atoms with Gasteiger partial charge in [0.25, 0.3) is 0 Å². The predicted octanol–water partition coefficient (Wildman–Crippen LogP) is 6.34. The van der Waals surface area contributed by atoms with Gasteiger partial charge >= 0.3 is 12.5 Å². The number of nitrogens with one attached hydrogen (secondary N) is 1. The molecule has 2 aromatic carbocycles. The van der Waals surface area contributed by atoms with Crippen LogP contribution in [-0.4, -0.2) is 24.2 Å². The van der Waals surface area contributed by atoms with Crippen molar-refractivity contribution in [3.8, 4) is 5.75 Å². The molecule has 0 saturated heterocycles. The number of benzene rings is 2. The Kier molecular flexibility index (Phi) is 7.80. The summed E-state index contributed by atoms with van der Waals surface area (Å²) < 4.78 is 54.7. The number of carbonyl (C=O) groups excluding carboxylic acids is 1. The molecule has 3 nitrogen and oxygen atoms in total. The van der Waals surface area contributed by atoms with E-state index in [1.54, 1.807) is 0 Å². The molecule has 2 aromatic rings. The van der Waals surface area contributed by atoms with Gasteiger partial charge in [-0.05, 0) is 80.1 Å². The molecule has 164 valence electrons. The Bertz CT molecular complexity index is 903. The monoisotopic (exact) mass is 443 g/mol. The first-order chi connectivity index (χ1) is 13.9. The van der Waals surface area contributed by atoms with Crippen LogP contribution in [0.15, 0.2) is 24.3 Å². The molecule has 2 rings (SSSR count). The second kappa shape index (κ2) is 9.73. The van der Waals surface area contributed by atoms with Crippen molar-refractivity contribution in [2.24, 2.45) is 0 Å². The molecule has 1 amide bonds. The molecule has 0 aliphatic heterocycles. The number of rotatable bonds is 8. The summed E-state index contributed by atoms with van der Waals surface area (Å²) in [5.74, 6) is 0.0381. The van der Waals surface area contributed by atoms with Crippen LogP contribution >= 0.6 is 11.8 Å². The number of amides is 1. The quantitative estimate of drug-likeness (QED) is 0.484. The van der Waals surface area contributed by atoms with Gasteiger partial charge in [0.1, 0.15) is 5.75 Å². The number of halogens is 4. The van der Waals surface area contributed by atoms with Crippen molar-refractivity contribution in [2.45, 2.75) is 52.9 Å². The molecule has 0 heterocycles. The molecule has 0 atom stereocenters. The number of alkyl halides is 4. The number of hydrogen-bond acceptors (Lipinski definition) is 3. The van der Waals surface area contributed by atoms with E-state index in [2.05, 4.69) is 44.7 Å². The highest BCUT2D eigenvalue weighted by atomic mass is 32.2. The summed E-state index contributed by atoms with van der Waals surface area (Å²) in [5.41, 5.74) is 7.60. The highest BCUT2D eigenvalue weighted by Crippen LogP contribution is 2.30. The van der Waals surface area contributed by atoms with Gasteiger partial charge in [0.2, 0.25) is 5.91 Å². The van der Waals surface area contributed by atoms with Crippen LogP contribution in [0.3, 0.4) is 0 Å². The zero-order chi connectivity index (χ0) is 22.6. The molecule has 0 bridgehead atoms. The lowest BCUT2D eigenvalue weighted by molar-refractivity contribution is -0.253. The molecule has 0 saturated carbocycles. The maximum absolute atomic E-state index is 13.0. The van der Waals surface area contributed by atoms with Crippen LogP contribution < -0.4 is 10.1 Å². The Balaban J connectivity index is 1.97. The molecule has 0 spiro atoms. The van der Waals surface area contributed by atoms with Crippen molar-refractivity contribution < 1.29 is 27.1 Å². The Morgan fingerprint density at radius 2 is 1.60 bits per heavy atom. The van der Waals surface area contributed by atoms with Crippen LogP contribution in [0.5, 0.6) is 5.75 Å². The minimum Gasteiger partial charge on any atom is -0.428 e. The van der Waals surface area contributed by atoms with Gasteiger partial charge in [-0.2, -0.15) is 17.6 Å². The van der Waals surface area contributed by atoms with Crippen LogP contribution in [0.4, 0.5) is 23.2 Å². The molecule has 0 fully saturated rings. The maximum atomic E-state index is 13.0. The average molecular weight is 444 g/mol. The molecule has 0 unspecified atom stereocenters. The van der Waals surface area contributed by atoms with Crippen molar-refractivity contribution in [1.82, 2.24) is 0 Å². The van der Waals surface area contributed by atoms with Gasteiger partial charge in [-0.25, -0.2) is 0 Å². The molecule has 0 radical (unpaired) electrons. The minimum atomic E-state index is -4.60. The van der Waals surface area contributed by atoms with Crippen LogP contribution in [0.1, 0.15) is 33.4 Å². The van der Waals surface area contributed by atoms with E-state index in [-0.39, 0.29) is 17.3 Å². The van der Waals surface area contributed by atoms with Crippen molar-refractivity contribution in [2.75, 3.05) is 11.1 Å². The first-order valence-corrected chi connectivity index (χ1v) is 10.5. The first kappa shape index (κ1) is 24.1. The van der Waals surface area contributed by atoms with E-state index in [1.807, 2.05) is 0 Å². The lowest BCUT2D eigenvalue weighted by Gasteiger charge is -2.18. The fraction of sp³-hybridized carbons (Fsp3) is 0.409. The number of anilines is 1. The Hall–Kier alpha value is -2.22. The van der Waals surface area contributed by atoms with Gasteiger partial charge in [-0.1, -0.05) is 6.07 Å². The highest BCUT2D eigenvalue weighted by molar-refractivity contribution is 7.99. The topological polar surface area (TPSA) is 38.3 Å². The zero-order valence-electron chi connectivity index (χ0n) is 17.5. The second-order valence-corrected chi connectivity index (χ2v) is 8.12. The molecular formula is C22H25F4NO2S. The summed E-state index contributed by atoms with van der Waals surface area (Å²) in [5, 5.41) is 2.57. The fourth-order valence-corrected chi connectivity index (χ4v) is 4.07. The normalized spacial score (nSPS) is 11.7. The predicted molar refractivity (Wildman–Crippen MR) is 113 cm³/mol. The van der Waals surface area contributed by atoms with Gasteiger partial charge in [0.05, 0.1) is 5.75 Å². The Morgan fingerprint density at radius 3 is 2.17 bits per heavy atom. The van der Waals surface area contributed by atoms with Crippen LogP contribution in [0.25, 0.3) is 0 Å². The third-order valence-electron chi connectivity index (χ3n) is 5.26. The third kappa shape index (κ3) is 5.68. The van der Waals surface area contributed by atoms with Crippen molar-refractivity contribution in [3.63, 3.8) is 0 Å². The number of ether oxygens (including phenoxy) is 1. The molecule has 0 aromatic heterocycles. The van der Waals surface area contributed by atoms with E-state index < -0.39 is 18.3 Å². The summed E-state index contributed by atoms with van der Waals surface area (Å²) in [6.45, 7) is 10.4. The summed E-state index contributed by atoms with van der Waals surface area (Å²) in [4.78, 5) is 12.2. The van der Waals surface area contributed by atoms with E-state index in [9.17, 15) is 22.4 Å². The fourth-order valence-electron chi connectivity index (χ4n) is 3.08. The molecule has 0 aliphatic rings. The SMILES string of the molecule is Cc1c(C)c(C)c(CSCC(=O)Nc2cccc(OC(F)(F)C(F)F)c2)c(C)c1C. The van der Waals surface area contributed by atoms with Gasteiger partial charge in [0, 0.05) is 17.5 Å². The molecule has 30 heavy (non-hydrogen) atoms. The zero-order valence-corrected chi connectivity index (χ0v) is 18.4. The van der Waals surface area contributed by atoms with E-state index in [4.69, 9.17) is 0 Å². The lowest BCUT2D eigenvalue weighted by atomic mass is 9.90. The number of hydrogen-bond donors (Lipinski definition) is 1. The highest BCUT2D eigenvalue weighted by Gasteiger charge is 2.44. The molecule has 1 N–H and O–H groups in total. The van der Waals surface area contributed by atoms with E-state index in [0.29, 0.717) is 5.75 Å². The summed E-state index contributed by atoms with van der Waals surface area (Å²) in [6, 6.07) is 5.01. The van der Waals surface area contributed by atoms with Crippen molar-refractivity contribution >= 4 is 23.4 Å². The molecular weight excluding hydrogens is 418 g/mol. The number of thioether (sulfide) groups is 1. The van der Waals surface area contributed by atoms with Crippen molar-refractivity contribution in [3.05, 3.63) is 57.6 Å².